The van der Waals surface area contributed by atoms with Crippen LogP contribution in [0.15, 0.2) is 60.7 Å². The topological polar surface area (TPSA) is 40.2 Å². The van der Waals surface area contributed by atoms with Crippen molar-refractivity contribution in [1.82, 2.24) is 4.90 Å². The molecule has 3 saturated heterocycles. The molecule has 2 aromatic carbocycles. The number of ether oxygens (including phenoxy) is 4. The summed E-state index contributed by atoms with van der Waals surface area (Å²) >= 11 is 0. The molecular formula is C26H33NO4. The summed E-state index contributed by atoms with van der Waals surface area (Å²) in [7, 11) is 0. The fraction of sp³-hybridized carbons (Fsp3) is 0.538. The minimum absolute atomic E-state index is 0.0705. The Kier molecular flexibility index (Phi) is 6.13. The average molecular weight is 424 g/mol. The Labute approximate surface area is 185 Å². The number of hydrogen-bond donors (Lipinski definition) is 0. The predicted molar refractivity (Wildman–Crippen MR) is 118 cm³/mol. The van der Waals surface area contributed by atoms with Crippen molar-refractivity contribution in [1.29, 1.82) is 0 Å². The second kappa shape index (κ2) is 9.00. The normalized spacial score (nSPS) is 32.8. The fourth-order valence-electron chi connectivity index (χ4n) is 5.17. The van der Waals surface area contributed by atoms with Gasteiger partial charge in [-0.05, 0) is 44.4 Å². The summed E-state index contributed by atoms with van der Waals surface area (Å²) < 4.78 is 25.4. The molecule has 31 heavy (non-hydrogen) atoms. The van der Waals surface area contributed by atoms with Crippen molar-refractivity contribution in [2.75, 3.05) is 6.54 Å². The van der Waals surface area contributed by atoms with Crippen molar-refractivity contribution >= 4 is 0 Å². The van der Waals surface area contributed by atoms with Crippen LogP contribution in [-0.4, -0.2) is 47.9 Å². The third-order valence-electron chi connectivity index (χ3n) is 6.58. The van der Waals surface area contributed by atoms with Gasteiger partial charge in [0, 0.05) is 12.6 Å². The molecule has 0 amide bonds. The van der Waals surface area contributed by atoms with E-state index in [1.54, 1.807) is 0 Å². The van der Waals surface area contributed by atoms with E-state index in [-0.39, 0.29) is 30.6 Å². The van der Waals surface area contributed by atoms with Crippen LogP contribution in [-0.2, 0) is 32.1 Å². The van der Waals surface area contributed by atoms with E-state index < -0.39 is 5.79 Å². The second-order valence-electron chi connectivity index (χ2n) is 9.35. The highest BCUT2D eigenvalue weighted by molar-refractivity contribution is 5.16. The Morgan fingerprint density at radius 1 is 0.903 bits per heavy atom. The Morgan fingerprint density at radius 3 is 2.35 bits per heavy atom. The number of benzene rings is 2. The highest BCUT2D eigenvalue weighted by Crippen LogP contribution is 2.42. The molecule has 0 N–H and O–H groups in total. The molecule has 5 nitrogen and oxygen atoms in total. The molecule has 3 aliphatic rings. The van der Waals surface area contributed by atoms with Crippen LogP contribution >= 0.6 is 0 Å². The van der Waals surface area contributed by atoms with E-state index in [9.17, 15) is 0 Å². The van der Waals surface area contributed by atoms with Crippen LogP contribution in [0.2, 0.25) is 0 Å². The number of likely N-dealkylation sites (tertiary alicyclic amines) is 1. The van der Waals surface area contributed by atoms with Crippen LogP contribution in [0.4, 0.5) is 0 Å². The Hall–Kier alpha value is -1.76. The molecule has 0 aliphatic carbocycles. The lowest BCUT2D eigenvalue weighted by Gasteiger charge is -2.41. The average Bonchev–Trinajstić information content (AvgIpc) is 3.25. The fourth-order valence-corrected chi connectivity index (χ4v) is 5.17. The summed E-state index contributed by atoms with van der Waals surface area (Å²) in [4.78, 5) is 2.56. The number of fused-ring (bicyclic) bond motifs is 1. The second-order valence-corrected chi connectivity index (χ2v) is 9.35. The lowest BCUT2D eigenvalue weighted by molar-refractivity contribution is -0.228. The standard InChI is InChI=1S/C26H33NO4/c1-26(2)30-24-23(28-18-20-13-7-4-8-14-20)22(29-25(24)31-26)21-15-9-10-16-27(21)17-19-11-5-3-6-12-19/h3-8,11-14,21-25H,9-10,15-18H2,1-2H3/t21-,22+,23-,24+,25+/m0/s1. The van der Waals surface area contributed by atoms with Crippen LogP contribution in [0.3, 0.4) is 0 Å². The van der Waals surface area contributed by atoms with Crippen molar-refractivity contribution in [2.45, 2.75) is 82.7 Å². The minimum atomic E-state index is -0.648. The first-order chi connectivity index (χ1) is 15.1. The molecule has 0 radical (unpaired) electrons. The summed E-state index contributed by atoms with van der Waals surface area (Å²) in [6.07, 6.45) is 2.73. The summed E-state index contributed by atoms with van der Waals surface area (Å²) in [6.45, 7) is 6.44. The van der Waals surface area contributed by atoms with Crippen molar-refractivity contribution in [3.05, 3.63) is 71.8 Å². The SMILES string of the molecule is CC1(C)O[C@H]2O[C@H]([C@@H]3CCCCN3Cc3ccccc3)[C@H](OCc3ccccc3)[C@H]2O1. The zero-order chi connectivity index (χ0) is 21.3. The monoisotopic (exact) mass is 423 g/mol. The van der Waals surface area contributed by atoms with Gasteiger partial charge >= 0.3 is 0 Å². The van der Waals surface area contributed by atoms with Crippen molar-refractivity contribution in [2.24, 2.45) is 0 Å². The predicted octanol–water partition coefficient (Wildman–Crippen LogP) is 4.50. The molecule has 0 bridgehead atoms. The van der Waals surface area contributed by atoms with E-state index in [2.05, 4.69) is 47.4 Å². The molecule has 0 saturated carbocycles. The largest absolute Gasteiger partial charge is 0.368 e. The van der Waals surface area contributed by atoms with E-state index in [1.165, 1.54) is 18.4 Å². The first-order valence-corrected chi connectivity index (χ1v) is 11.5. The highest BCUT2D eigenvalue weighted by atomic mass is 16.8. The van der Waals surface area contributed by atoms with Crippen molar-refractivity contribution in [3.63, 3.8) is 0 Å². The zero-order valence-corrected chi connectivity index (χ0v) is 18.5. The lowest BCUT2D eigenvalue weighted by atomic mass is 9.93. The van der Waals surface area contributed by atoms with E-state index >= 15 is 0 Å². The summed E-state index contributed by atoms with van der Waals surface area (Å²) in [5, 5.41) is 0. The summed E-state index contributed by atoms with van der Waals surface area (Å²) in [6, 6.07) is 21.3. The molecule has 3 heterocycles. The number of rotatable bonds is 6. The molecule has 5 rings (SSSR count). The Balaban J connectivity index is 1.35. The van der Waals surface area contributed by atoms with Gasteiger partial charge in [-0.2, -0.15) is 0 Å². The Morgan fingerprint density at radius 2 is 1.61 bits per heavy atom. The van der Waals surface area contributed by atoms with E-state index in [0.29, 0.717) is 6.61 Å². The van der Waals surface area contributed by atoms with Gasteiger partial charge in [-0.15, -0.1) is 0 Å². The van der Waals surface area contributed by atoms with Crippen LogP contribution < -0.4 is 0 Å². The molecular weight excluding hydrogens is 390 g/mol. The van der Waals surface area contributed by atoms with Gasteiger partial charge in [-0.1, -0.05) is 67.1 Å². The van der Waals surface area contributed by atoms with Gasteiger partial charge in [0.25, 0.3) is 0 Å². The molecule has 0 unspecified atom stereocenters. The molecule has 2 aromatic rings. The molecule has 3 fully saturated rings. The van der Waals surface area contributed by atoms with Gasteiger partial charge in [0.15, 0.2) is 12.1 Å². The van der Waals surface area contributed by atoms with Gasteiger partial charge in [-0.3, -0.25) is 4.90 Å². The molecule has 3 aliphatic heterocycles. The van der Waals surface area contributed by atoms with Crippen LogP contribution in [0.25, 0.3) is 0 Å². The third kappa shape index (κ3) is 4.71. The van der Waals surface area contributed by atoms with E-state index in [1.807, 2.05) is 32.0 Å². The van der Waals surface area contributed by atoms with Crippen molar-refractivity contribution in [3.8, 4) is 0 Å². The molecule has 5 heteroatoms. The number of hydrogen-bond acceptors (Lipinski definition) is 5. The first kappa shape index (κ1) is 21.1. The Bertz CT molecular complexity index is 843. The lowest BCUT2D eigenvalue weighted by Crippen LogP contribution is -2.52. The van der Waals surface area contributed by atoms with Crippen LogP contribution in [0.1, 0.15) is 44.2 Å². The van der Waals surface area contributed by atoms with Gasteiger partial charge in [0.05, 0.1) is 6.61 Å². The maximum absolute atomic E-state index is 6.52. The summed E-state index contributed by atoms with van der Waals surface area (Å²) in [5.41, 5.74) is 2.50. The smallest absolute Gasteiger partial charge is 0.190 e. The maximum atomic E-state index is 6.52. The minimum Gasteiger partial charge on any atom is -0.368 e. The van der Waals surface area contributed by atoms with Gasteiger partial charge in [0.1, 0.15) is 18.3 Å². The van der Waals surface area contributed by atoms with E-state index in [4.69, 9.17) is 18.9 Å². The van der Waals surface area contributed by atoms with Crippen LogP contribution in [0.5, 0.6) is 0 Å². The molecule has 166 valence electrons. The first-order valence-electron chi connectivity index (χ1n) is 11.5. The van der Waals surface area contributed by atoms with Crippen molar-refractivity contribution < 1.29 is 18.9 Å². The van der Waals surface area contributed by atoms with Gasteiger partial charge in [-0.25, -0.2) is 0 Å². The molecule has 0 spiro atoms. The zero-order valence-electron chi connectivity index (χ0n) is 18.5. The molecule has 0 aromatic heterocycles. The van der Waals surface area contributed by atoms with Gasteiger partial charge in [0.2, 0.25) is 0 Å². The number of piperidine rings is 1. The maximum Gasteiger partial charge on any atom is 0.190 e. The van der Waals surface area contributed by atoms with Gasteiger partial charge < -0.3 is 18.9 Å². The third-order valence-corrected chi connectivity index (χ3v) is 6.58. The molecule has 5 atom stereocenters. The highest BCUT2D eigenvalue weighted by Gasteiger charge is 2.57. The summed E-state index contributed by atoms with van der Waals surface area (Å²) in [5.74, 6) is -0.648. The van der Waals surface area contributed by atoms with Crippen LogP contribution in [0, 0.1) is 0 Å². The van der Waals surface area contributed by atoms with E-state index in [0.717, 1.165) is 25.1 Å². The number of nitrogens with zero attached hydrogens (tertiary/aromatic N) is 1. The quantitative estimate of drug-likeness (QED) is 0.684.